The fraction of sp³-hybridized carbons (Fsp3) is 0.100. The van der Waals surface area contributed by atoms with Crippen LogP contribution in [0.25, 0.3) is 11.0 Å². The molecule has 0 spiro atoms. The number of amides is 1. The Hall–Kier alpha value is -3.75. The van der Waals surface area contributed by atoms with Crippen molar-refractivity contribution >= 4 is 22.8 Å². The van der Waals surface area contributed by atoms with E-state index in [1.807, 2.05) is 0 Å². The number of nitrogens with one attached hydrogen (secondary N) is 1. The van der Waals surface area contributed by atoms with E-state index in [9.17, 15) is 18.0 Å². The maximum Gasteiger partial charge on any atom is 0.449 e. The molecule has 0 radical (unpaired) electrons. The van der Waals surface area contributed by atoms with Crippen LogP contribution in [0.1, 0.15) is 21.7 Å². The summed E-state index contributed by atoms with van der Waals surface area (Å²) in [6.07, 6.45) is -0.226. The van der Waals surface area contributed by atoms with Crippen LogP contribution >= 0.6 is 0 Å². The fourth-order valence-corrected chi connectivity index (χ4v) is 2.95. The van der Waals surface area contributed by atoms with Crippen molar-refractivity contribution in [2.45, 2.75) is 12.7 Å². The molecule has 1 amide bonds. The van der Waals surface area contributed by atoms with Crippen LogP contribution in [0.15, 0.2) is 67.1 Å². The lowest BCUT2D eigenvalue weighted by Gasteiger charge is -2.12. The lowest BCUT2D eigenvalue weighted by molar-refractivity contribution is -0.146. The van der Waals surface area contributed by atoms with Crippen LogP contribution in [0.5, 0.6) is 0 Å². The summed E-state index contributed by atoms with van der Waals surface area (Å²) in [6, 6.07) is 12.8. The van der Waals surface area contributed by atoms with Gasteiger partial charge in [-0.2, -0.15) is 13.2 Å². The lowest BCUT2D eigenvalue weighted by atomic mass is 10.1. The smallest absolute Gasteiger partial charge is 0.316 e. The van der Waals surface area contributed by atoms with Crippen LogP contribution in [0, 0.1) is 0 Å². The molecule has 0 atom stereocenters. The summed E-state index contributed by atoms with van der Waals surface area (Å²) in [5, 5.41) is 2.60. The molecule has 6 nitrogen and oxygen atoms in total. The molecule has 0 aliphatic rings. The van der Waals surface area contributed by atoms with E-state index < -0.39 is 12.0 Å². The predicted molar refractivity (Wildman–Crippen MR) is 100 cm³/mol. The number of imidazole rings is 1. The zero-order valence-electron chi connectivity index (χ0n) is 14.9. The van der Waals surface area contributed by atoms with E-state index in [1.165, 1.54) is 18.6 Å². The van der Waals surface area contributed by atoms with Gasteiger partial charge in [0.05, 0.1) is 17.2 Å². The number of hydrogen-bond donors (Lipinski definition) is 1. The normalized spacial score (nSPS) is 11.6. The number of anilines is 1. The molecule has 1 N–H and O–H groups in total. The van der Waals surface area contributed by atoms with Gasteiger partial charge >= 0.3 is 6.18 Å². The van der Waals surface area contributed by atoms with Crippen LogP contribution in [-0.4, -0.2) is 25.4 Å². The summed E-state index contributed by atoms with van der Waals surface area (Å²) in [7, 11) is 0. The average molecular weight is 397 g/mol. The first-order valence-electron chi connectivity index (χ1n) is 8.60. The first kappa shape index (κ1) is 18.6. The number of aromatic nitrogens is 4. The first-order chi connectivity index (χ1) is 13.9. The Bertz CT molecular complexity index is 1150. The third kappa shape index (κ3) is 3.93. The summed E-state index contributed by atoms with van der Waals surface area (Å²) in [5.41, 5.74) is 1.63. The number of hydrogen-bond acceptors (Lipinski definition) is 4. The van der Waals surface area contributed by atoms with Gasteiger partial charge < -0.3 is 9.88 Å². The van der Waals surface area contributed by atoms with Crippen molar-refractivity contribution in [3.63, 3.8) is 0 Å². The van der Waals surface area contributed by atoms with E-state index in [0.29, 0.717) is 22.5 Å². The number of alkyl halides is 3. The van der Waals surface area contributed by atoms with Crippen molar-refractivity contribution in [2.75, 3.05) is 5.32 Å². The SMILES string of the molecule is O=C(Nc1cnccn1)c1ccc(Cn2c(C(F)(F)F)nc3ccccc32)cc1. The minimum Gasteiger partial charge on any atom is -0.316 e. The molecule has 0 fully saturated rings. The van der Waals surface area contributed by atoms with Crippen molar-refractivity contribution in [1.82, 2.24) is 19.5 Å². The second-order valence-corrected chi connectivity index (χ2v) is 6.25. The molecule has 2 aromatic carbocycles. The van der Waals surface area contributed by atoms with E-state index in [0.717, 1.165) is 4.57 Å². The van der Waals surface area contributed by atoms with Gasteiger partial charge in [-0.15, -0.1) is 0 Å². The van der Waals surface area contributed by atoms with E-state index in [-0.39, 0.29) is 18.0 Å². The molecule has 146 valence electrons. The van der Waals surface area contributed by atoms with Crippen molar-refractivity contribution < 1.29 is 18.0 Å². The van der Waals surface area contributed by atoms with E-state index in [1.54, 1.807) is 48.5 Å². The zero-order valence-corrected chi connectivity index (χ0v) is 14.9. The highest BCUT2D eigenvalue weighted by Crippen LogP contribution is 2.32. The summed E-state index contributed by atoms with van der Waals surface area (Å²) in [6.45, 7) is -0.0264. The summed E-state index contributed by atoms with van der Waals surface area (Å²) in [5.74, 6) is -1.04. The molecule has 2 heterocycles. The molecule has 2 aromatic heterocycles. The molecule has 0 aliphatic heterocycles. The number of nitrogens with zero attached hydrogens (tertiary/aromatic N) is 4. The fourth-order valence-electron chi connectivity index (χ4n) is 2.95. The largest absolute Gasteiger partial charge is 0.449 e. The molecule has 0 aliphatic carbocycles. The minimum absolute atomic E-state index is 0.0264. The Morgan fingerprint density at radius 1 is 1.03 bits per heavy atom. The quantitative estimate of drug-likeness (QED) is 0.562. The van der Waals surface area contributed by atoms with Crippen LogP contribution in [-0.2, 0) is 12.7 Å². The van der Waals surface area contributed by atoms with E-state index >= 15 is 0 Å². The molecule has 29 heavy (non-hydrogen) atoms. The van der Waals surface area contributed by atoms with Gasteiger partial charge in [-0.05, 0) is 29.8 Å². The van der Waals surface area contributed by atoms with E-state index in [2.05, 4.69) is 20.3 Å². The van der Waals surface area contributed by atoms with Crippen molar-refractivity contribution in [3.8, 4) is 0 Å². The van der Waals surface area contributed by atoms with Gasteiger partial charge in [0.1, 0.15) is 0 Å². The highest BCUT2D eigenvalue weighted by Gasteiger charge is 2.37. The summed E-state index contributed by atoms with van der Waals surface area (Å²) in [4.78, 5) is 23.8. The van der Waals surface area contributed by atoms with Crippen molar-refractivity contribution in [3.05, 3.63) is 84.1 Å². The highest BCUT2D eigenvalue weighted by atomic mass is 19.4. The minimum atomic E-state index is -4.57. The van der Waals surface area contributed by atoms with Gasteiger partial charge in [0.15, 0.2) is 5.82 Å². The van der Waals surface area contributed by atoms with Gasteiger partial charge in [0.25, 0.3) is 5.91 Å². The van der Waals surface area contributed by atoms with Crippen LogP contribution in [0.2, 0.25) is 0 Å². The standard InChI is InChI=1S/C20H14F3N5O/c21-20(22,23)19-26-15-3-1-2-4-16(15)28(19)12-13-5-7-14(8-6-13)18(29)27-17-11-24-9-10-25-17/h1-11H,12H2,(H,25,27,29). The Balaban J connectivity index is 1.59. The number of halogens is 3. The second kappa shape index (κ2) is 7.34. The molecule has 9 heteroatoms. The molecular weight excluding hydrogens is 383 g/mol. The Labute approximate surface area is 163 Å². The molecule has 4 rings (SSSR count). The number of benzene rings is 2. The molecule has 4 aromatic rings. The van der Waals surface area contributed by atoms with Gasteiger partial charge in [-0.1, -0.05) is 24.3 Å². The number of carbonyl (C=O) groups is 1. The average Bonchev–Trinajstić information content (AvgIpc) is 3.08. The van der Waals surface area contributed by atoms with Gasteiger partial charge in [0.2, 0.25) is 5.82 Å². The zero-order chi connectivity index (χ0) is 20.4. The van der Waals surface area contributed by atoms with Crippen molar-refractivity contribution in [2.24, 2.45) is 0 Å². The van der Waals surface area contributed by atoms with E-state index in [4.69, 9.17) is 0 Å². The lowest BCUT2D eigenvalue weighted by Crippen LogP contribution is -2.16. The van der Waals surface area contributed by atoms with Crippen LogP contribution in [0.3, 0.4) is 0 Å². The molecule has 0 saturated heterocycles. The summed E-state index contributed by atoms with van der Waals surface area (Å²) < 4.78 is 41.4. The third-order valence-corrected chi connectivity index (χ3v) is 4.27. The molecule has 0 bridgehead atoms. The van der Waals surface area contributed by atoms with Crippen LogP contribution in [0.4, 0.5) is 19.0 Å². The Morgan fingerprint density at radius 2 is 1.79 bits per heavy atom. The number of carbonyl (C=O) groups excluding carboxylic acids is 1. The van der Waals surface area contributed by atoms with Gasteiger partial charge in [0, 0.05) is 24.5 Å². The maximum absolute atomic E-state index is 13.4. The monoisotopic (exact) mass is 397 g/mol. The Morgan fingerprint density at radius 3 is 2.48 bits per heavy atom. The van der Waals surface area contributed by atoms with Gasteiger partial charge in [-0.25, -0.2) is 9.97 Å². The first-order valence-corrected chi connectivity index (χ1v) is 8.60. The van der Waals surface area contributed by atoms with Crippen molar-refractivity contribution in [1.29, 1.82) is 0 Å². The summed E-state index contributed by atoms with van der Waals surface area (Å²) >= 11 is 0. The van der Waals surface area contributed by atoms with Crippen LogP contribution < -0.4 is 5.32 Å². The number of fused-ring (bicyclic) bond motifs is 1. The molecule has 0 unspecified atom stereocenters. The second-order valence-electron chi connectivity index (χ2n) is 6.25. The van der Waals surface area contributed by atoms with Gasteiger partial charge in [-0.3, -0.25) is 9.78 Å². The maximum atomic E-state index is 13.4. The Kier molecular flexibility index (Phi) is 4.71. The predicted octanol–water partition coefficient (Wildman–Crippen LogP) is 4.15. The molecule has 0 saturated carbocycles. The number of rotatable bonds is 4. The number of para-hydroxylation sites is 2. The topological polar surface area (TPSA) is 72.7 Å². The highest BCUT2D eigenvalue weighted by molar-refractivity contribution is 6.03. The third-order valence-electron chi connectivity index (χ3n) is 4.27. The molecular formula is C20H14F3N5O.